The molecule has 0 spiro atoms. The van der Waals surface area contributed by atoms with E-state index in [1.807, 2.05) is 23.1 Å². The Hall–Kier alpha value is -2.43. The van der Waals surface area contributed by atoms with Crippen LogP contribution in [0, 0.1) is 0 Å². The van der Waals surface area contributed by atoms with E-state index in [1.54, 1.807) is 6.33 Å². The number of nitrogens with zero attached hydrogens (tertiary/aromatic N) is 3. The smallest absolute Gasteiger partial charge is 0.223 e. The molecule has 136 valence electrons. The zero-order valence-electron chi connectivity index (χ0n) is 15.3. The Morgan fingerprint density at radius 3 is 2.73 bits per heavy atom. The first kappa shape index (κ1) is 17.0. The van der Waals surface area contributed by atoms with Crippen molar-refractivity contribution in [3.63, 3.8) is 0 Å². The fourth-order valence-electron chi connectivity index (χ4n) is 3.61. The first-order valence-electron chi connectivity index (χ1n) is 9.62. The van der Waals surface area contributed by atoms with E-state index < -0.39 is 0 Å². The van der Waals surface area contributed by atoms with Crippen LogP contribution in [-0.4, -0.2) is 39.9 Å². The molecule has 0 radical (unpaired) electrons. The van der Waals surface area contributed by atoms with Gasteiger partial charge in [-0.05, 0) is 30.7 Å². The largest absolute Gasteiger partial charge is 0.367 e. The van der Waals surface area contributed by atoms with E-state index in [4.69, 9.17) is 0 Å². The predicted molar refractivity (Wildman–Crippen MR) is 102 cm³/mol. The molecular formula is C21H26N4O. The van der Waals surface area contributed by atoms with E-state index in [0.717, 1.165) is 37.4 Å². The molecule has 1 fully saturated rings. The van der Waals surface area contributed by atoms with Crippen molar-refractivity contribution in [3.8, 4) is 0 Å². The van der Waals surface area contributed by atoms with Gasteiger partial charge in [-0.1, -0.05) is 37.3 Å². The van der Waals surface area contributed by atoms with Crippen LogP contribution in [0.3, 0.4) is 0 Å². The van der Waals surface area contributed by atoms with Crippen molar-refractivity contribution in [2.75, 3.05) is 18.4 Å². The summed E-state index contributed by atoms with van der Waals surface area (Å²) in [7, 11) is 0. The fourth-order valence-corrected chi connectivity index (χ4v) is 3.61. The summed E-state index contributed by atoms with van der Waals surface area (Å²) in [6, 6.07) is 10.8. The second kappa shape index (κ2) is 7.44. The molecule has 1 unspecified atom stereocenters. The minimum absolute atomic E-state index is 0.235. The van der Waals surface area contributed by atoms with Crippen molar-refractivity contribution >= 4 is 11.7 Å². The first-order valence-corrected chi connectivity index (χ1v) is 9.62. The van der Waals surface area contributed by atoms with Crippen LogP contribution in [0.15, 0.2) is 36.7 Å². The molecule has 4 rings (SSSR count). The summed E-state index contributed by atoms with van der Waals surface area (Å²) in [5.41, 5.74) is 3.51. The molecule has 0 saturated heterocycles. The Kier molecular flexibility index (Phi) is 4.87. The molecule has 1 aromatic carbocycles. The number of anilines is 1. The lowest BCUT2D eigenvalue weighted by atomic mass is 9.97. The zero-order chi connectivity index (χ0) is 17.9. The van der Waals surface area contributed by atoms with Crippen LogP contribution in [0.25, 0.3) is 0 Å². The molecule has 26 heavy (non-hydrogen) atoms. The minimum atomic E-state index is 0.235. The highest BCUT2D eigenvalue weighted by Gasteiger charge is 2.26. The van der Waals surface area contributed by atoms with Crippen LogP contribution < -0.4 is 5.32 Å². The number of fused-ring (bicyclic) bond motifs is 1. The van der Waals surface area contributed by atoms with Crippen LogP contribution in [0.2, 0.25) is 0 Å². The van der Waals surface area contributed by atoms with Crippen LogP contribution in [-0.2, 0) is 17.6 Å². The van der Waals surface area contributed by atoms with Gasteiger partial charge in [0, 0.05) is 37.5 Å². The van der Waals surface area contributed by atoms with E-state index in [0.29, 0.717) is 12.5 Å². The van der Waals surface area contributed by atoms with Gasteiger partial charge in [-0.3, -0.25) is 4.79 Å². The van der Waals surface area contributed by atoms with Gasteiger partial charge in [0.1, 0.15) is 12.1 Å². The molecule has 1 amide bonds. The number of aromatic nitrogens is 2. The lowest BCUT2D eigenvalue weighted by Crippen LogP contribution is -2.34. The summed E-state index contributed by atoms with van der Waals surface area (Å²) in [5.74, 6) is 1.45. The number of amides is 1. The number of rotatable bonds is 5. The fraction of sp³-hybridized carbons (Fsp3) is 0.476. The zero-order valence-corrected chi connectivity index (χ0v) is 15.3. The normalized spacial score (nSPS) is 18.0. The number of carbonyl (C=O) groups is 1. The third-order valence-electron chi connectivity index (χ3n) is 5.41. The topological polar surface area (TPSA) is 58.1 Å². The molecular weight excluding hydrogens is 324 g/mol. The molecule has 1 aliphatic heterocycles. The molecule has 5 heteroatoms. The van der Waals surface area contributed by atoms with Crippen LogP contribution in [0.5, 0.6) is 0 Å². The summed E-state index contributed by atoms with van der Waals surface area (Å²) in [5, 5.41) is 3.51. The Bertz CT molecular complexity index is 773. The number of carbonyl (C=O) groups excluding carboxylic acids is 1. The van der Waals surface area contributed by atoms with Gasteiger partial charge in [-0.2, -0.15) is 0 Å². The maximum absolute atomic E-state index is 12.8. The van der Waals surface area contributed by atoms with Gasteiger partial charge in [0.15, 0.2) is 0 Å². The molecule has 1 aromatic heterocycles. The van der Waals surface area contributed by atoms with Gasteiger partial charge in [0.2, 0.25) is 5.91 Å². The number of benzene rings is 1. The van der Waals surface area contributed by atoms with E-state index in [2.05, 4.69) is 34.3 Å². The van der Waals surface area contributed by atoms with Crippen molar-refractivity contribution in [2.45, 2.75) is 51.0 Å². The Balaban J connectivity index is 1.41. The van der Waals surface area contributed by atoms with E-state index >= 15 is 0 Å². The van der Waals surface area contributed by atoms with Crippen molar-refractivity contribution in [2.24, 2.45) is 0 Å². The van der Waals surface area contributed by atoms with Gasteiger partial charge in [0.25, 0.3) is 0 Å². The third kappa shape index (κ3) is 3.87. The number of hydrogen-bond acceptors (Lipinski definition) is 4. The molecule has 1 N–H and O–H groups in total. The molecule has 0 bridgehead atoms. The summed E-state index contributed by atoms with van der Waals surface area (Å²) >= 11 is 0. The molecule has 1 aliphatic carbocycles. The summed E-state index contributed by atoms with van der Waals surface area (Å²) in [6.07, 6.45) is 6.29. The number of hydrogen-bond donors (Lipinski definition) is 1. The van der Waals surface area contributed by atoms with Crippen molar-refractivity contribution in [3.05, 3.63) is 53.5 Å². The Labute approximate surface area is 154 Å². The van der Waals surface area contributed by atoms with Crippen LogP contribution >= 0.6 is 0 Å². The highest BCUT2D eigenvalue weighted by Crippen LogP contribution is 2.28. The van der Waals surface area contributed by atoms with Crippen molar-refractivity contribution in [1.29, 1.82) is 0 Å². The number of nitrogens with one attached hydrogen (secondary N) is 1. The highest BCUT2D eigenvalue weighted by atomic mass is 16.2. The molecule has 1 atom stereocenters. The SMILES string of the molecule is CC(CC(=O)N1CCc2ncnc(NC3CC3)c2CC1)c1ccccc1. The predicted octanol–water partition coefficient (Wildman–Crippen LogP) is 3.17. The van der Waals surface area contributed by atoms with Crippen LogP contribution in [0.1, 0.15) is 48.9 Å². The van der Waals surface area contributed by atoms with Gasteiger partial charge >= 0.3 is 0 Å². The maximum Gasteiger partial charge on any atom is 0.223 e. The molecule has 5 nitrogen and oxygen atoms in total. The Morgan fingerprint density at radius 2 is 1.96 bits per heavy atom. The molecule has 2 aromatic rings. The summed E-state index contributed by atoms with van der Waals surface area (Å²) in [4.78, 5) is 23.8. The second-order valence-electron chi connectivity index (χ2n) is 7.46. The van der Waals surface area contributed by atoms with Crippen molar-refractivity contribution < 1.29 is 4.79 Å². The first-order chi connectivity index (χ1) is 12.7. The monoisotopic (exact) mass is 350 g/mol. The molecule has 2 heterocycles. The van der Waals surface area contributed by atoms with Gasteiger partial charge < -0.3 is 10.2 Å². The van der Waals surface area contributed by atoms with E-state index in [-0.39, 0.29) is 11.8 Å². The van der Waals surface area contributed by atoms with E-state index in [9.17, 15) is 4.79 Å². The van der Waals surface area contributed by atoms with Gasteiger partial charge in [-0.15, -0.1) is 0 Å². The third-order valence-corrected chi connectivity index (χ3v) is 5.41. The van der Waals surface area contributed by atoms with Gasteiger partial charge in [-0.25, -0.2) is 9.97 Å². The molecule has 2 aliphatic rings. The van der Waals surface area contributed by atoms with Crippen LogP contribution in [0.4, 0.5) is 5.82 Å². The quantitative estimate of drug-likeness (QED) is 0.900. The average molecular weight is 350 g/mol. The average Bonchev–Trinajstić information content (AvgIpc) is 3.49. The molecule has 1 saturated carbocycles. The standard InChI is InChI=1S/C21H26N4O/c1-15(16-5-3-2-4-6-16)13-20(26)25-11-9-18-19(10-12-25)22-14-23-21(18)24-17-7-8-17/h2-6,14-15,17H,7-13H2,1H3,(H,22,23,24). The minimum Gasteiger partial charge on any atom is -0.367 e. The lowest BCUT2D eigenvalue weighted by Gasteiger charge is -2.22. The maximum atomic E-state index is 12.8. The highest BCUT2D eigenvalue weighted by molar-refractivity contribution is 5.77. The summed E-state index contributed by atoms with van der Waals surface area (Å²) in [6.45, 7) is 3.62. The van der Waals surface area contributed by atoms with Crippen molar-refractivity contribution in [1.82, 2.24) is 14.9 Å². The Morgan fingerprint density at radius 1 is 1.19 bits per heavy atom. The lowest BCUT2D eigenvalue weighted by molar-refractivity contribution is -0.131. The van der Waals surface area contributed by atoms with E-state index in [1.165, 1.54) is 24.0 Å². The second-order valence-corrected chi connectivity index (χ2v) is 7.46. The summed E-state index contributed by atoms with van der Waals surface area (Å²) < 4.78 is 0. The van der Waals surface area contributed by atoms with Gasteiger partial charge in [0.05, 0.1) is 5.69 Å².